The third-order valence-corrected chi connectivity index (χ3v) is 3.27. The van der Waals surface area contributed by atoms with Crippen molar-refractivity contribution in [2.75, 3.05) is 37.6 Å². The van der Waals surface area contributed by atoms with Crippen LogP contribution in [0.3, 0.4) is 0 Å². The molecule has 1 saturated heterocycles. The summed E-state index contributed by atoms with van der Waals surface area (Å²) >= 11 is 0. The first-order chi connectivity index (χ1) is 10.0. The number of hydrogen-bond acceptors (Lipinski definition) is 6. The van der Waals surface area contributed by atoms with E-state index in [-0.39, 0.29) is 12.5 Å². The number of carbonyl (C=O) groups is 1. The van der Waals surface area contributed by atoms with Crippen molar-refractivity contribution in [2.45, 2.75) is 26.4 Å². The average molecular weight is 294 g/mol. The van der Waals surface area contributed by atoms with Crippen LogP contribution in [0.4, 0.5) is 5.95 Å². The molecule has 0 radical (unpaired) electrons. The summed E-state index contributed by atoms with van der Waals surface area (Å²) in [5.41, 5.74) is 0. The molecule has 7 heteroatoms. The van der Waals surface area contributed by atoms with Crippen molar-refractivity contribution in [2.24, 2.45) is 0 Å². The normalized spacial score (nSPS) is 16.2. The third kappa shape index (κ3) is 4.86. The van der Waals surface area contributed by atoms with Gasteiger partial charge < -0.3 is 14.7 Å². The maximum Gasteiger partial charge on any atom is 0.304 e. The van der Waals surface area contributed by atoms with Gasteiger partial charge in [0.1, 0.15) is 0 Å². The van der Waals surface area contributed by atoms with Gasteiger partial charge >= 0.3 is 5.97 Å². The quantitative estimate of drug-likeness (QED) is 0.833. The van der Waals surface area contributed by atoms with Crippen LogP contribution < -0.4 is 9.64 Å². The van der Waals surface area contributed by atoms with Crippen molar-refractivity contribution in [3.63, 3.8) is 0 Å². The van der Waals surface area contributed by atoms with E-state index in [4.69, 9.17) is 9.84 Å². The van der Waals surface area contributed by atoms with E-state index in [1.165, 1.54) is 0 Å². The van der Waals surface area contributed by atoms with Crippen LogP contribution in [0.15, 0.2) is 12.3 Å². The number of carboxylic acid groups (broad SMARTS) is 1. The highest BCUT2D eigenvalue weighted by atomic mass is 16.5. The zero-order valence-electron chi connectivity index (χ0n) is 12.5. The topological polar surface area (TPSA) is 78.8 Å². The zero-order valence-corrected chi connectivity index (χ0v) is 12.5. The Hall–Kier alpha value is -1.89. The lowest BCUT2D eigenvalue weighted by Gasteiger charge is -2.34. The number of carboxylic acids is 1. The van der Waals surface area contributed by atoms with Crippen molar-refractivity contribution >= 4 is 11.9 Å². The first-order valence-corrected chi connectivity index (χ1v) is 7.23. The van der Waals surface area contributed by atoms with Crippen LogP contribution >= 0.6 is 0 Å². The Labute approximate surface area is 124 Å². The van der Waals surface area contributed by atoms with Crippen molar-refractivity contribution in [1.82, 2.24) is 14.9 Å². The van der Waals surface area contributed by atoms with Crippen LogP contribution in [-0.4, -0.2) is 64.8 Å². The molecule has 1 aromatic rings. The minimum Gasteiger partial charge on any atom is -0.481 e. The summed E-state index contributed by atoms with van der Waals surface area (Å²) < 4.78 is 5.58. The maximum atomic E-state index is 10.6. The Morgan fingerprint density at radius 2 is 2.10 bits per heavy atom. The van der Waals surface area contributed by atoms with Gasteiger partial charge in [-0.3, -0.25) is 9.69 Å². The number of anilines is 1. The molecule has 116 valence electrons. The highest BCUT2D eigenvalue weighted by Gasteiger charge is 2.19. The van der Waals surface area contributed by atoms with E-state index >= 15 is 0 Å². The summed E-state index contributed by atoms with van der Waals surface area (Å²) in [6.07, 6.45) is 1.98. The van der Waals surface area contributed by atoms with Gasteiger partial charge in [-0.25, -0.2) is 4.98 Å². The monoisotopic (exact) mass is 294 g/mol. The lowest BCUT2D eigenvalue weighted by atomic mass is 10.3. The second-order valence-electron chi connectivity index (χ2n) is 5.33. The second kappa shape index (κ2) is 7.21. The molecule has 0 spiro atoms. The Morgan fingerprint density at radius 1 is 1.38 bits per heavy atom. The molecule has 1 N–H and O–H groups in total. The van der Waals surface area contributed by atoms with Gasteiger partial charge in [0.05, 0.1) is 12.5 Å². The minimum absolute atomic E-state index is 0.0839. The van der Waals surface area contributed by atoms with Crippen LogP contribution in [-0.2, 0) is 4.79 Å². The number of hydrogen-bond donors (Lipinski definition) is 1. The summed E-state index contributed by atoms with van der Waals surface area (Å²) in [5, 5.41) is 8.71. The summed E-state index contributed by atoms with van der Waals surface area (Å²) in [6, 6.07) is 1.76. The number of aromatic nitrogens is 2. The molecular formula is C14H22N4O3. The highest BCUT2D eigenvalue weighted by Crippen LogP contribution is 2.15. The molecule has 1 aliphatic heterocycles. The van der Waals surface area contributed by atoms with Crippen LogP contribution in [0.2, 0.25) is 0 Å². The van der Waals surface area contributed by atoms with Crippen LogP contribution in [0.5, 0.6) is 5.88 Å². The van der Waals surface area contributed by atoms with Crippen molar-refractivity contribution in [3.05, 3.63) is 12.3 Å². The molecule has 1 aromatic heterocycles. The van der Waals surface area contributed by atoms with E-state index in [1.807, 2.05) is 13.8 Å². The predicted molar refractivity (Wildman–Crippen MR) is 78.7 cm³/mol. The smallest absolute Gasteiger partial charge is 0.304 e. The number of nitrogens with zero attached hydrogens (tertiary/aromatic N) is 4. The molecule has 2 heterocycles. The maximum absolute atomic E-state index is 10.6. The molecule has 0 atom stereocenters. The lowest BCUT2D eigenvalue weighted by Crippen LogP contribution is -2.47. The molecule has 0 aliphatic carbocycles. The first-order valence-electron chi connectivity index (χ1n) is 7.23. The van der Waals surface area contributed by atoms with E-state index in [0.29, 0.717) is 18.4 Å². The Kier molecular flexibility index (Phi) is 5.32. The van der Waals surface area contributed by atoms with E-state index in [2.05, 4.69) is 19.8 Å². The molecule has 0 aromatic carbocycles. The van der Waals surface area contributed by atoms with Crippen LogP contribution in [0, 0.1) is 0 Å². The van der Waals surface area contributed by atoms with Gasteiger partial charge in [0.15, 0.2) is 0 Å². The Morgan fingerprint density at radius 3 is 2.71 bits per heavy atom. The van der Waals surface area contributed by atoms with Gasteiger partial charge in [0.25, 0.3) is 0 Å². The SMILES string of the molecule is CC(C)Oc1ccnc(N2CCN(CCC(=O)O)CC2)n1. The number of piperazine rings is 1. The number of rotatable bonds is 6. The average Bonchev–Trinajstić information content (AvgIpc) is 2.45. The van der Waals surface area contributed by atoms with E-state index < -0.39 is 5.97 Å². The molecular weight excluding hydrogens is 272 g/mol. The minimum atomic E-state index is -0.751. The summed E-state index contributed by atoms with van der Waals surface area (Å²) in [7, 11) is 0. The molecule has 0 bridgehead atoms. The van der Waals surface area contributed by atoms with Crippen molar-refractivity contribution in [3.8, 4) is 5.88 Å². The Bertz CT molecular complexity index is 473. The molecule has 1 aliphatic rings. The van der Waals surface area contributed by atoms with Crippen molar-refractivity contribution in [1.29, 1.82) is 0 Å². The highest BCUT2D eigenvalue weighted by molar-refractivity contribution is 5.66. The van der Waals surface area contributed by atoms with Gasteiger partial charge in [-0.2, -0.15) is 4.98 Å². The molecule has 21 heavy (non-hydrogen) atoms. The third-order valence-electron chi connectivity index (χ3n) is 3.27. The zero-order chi connectivity index (χ0) is 15.2. The summed E-state index contributed by atoms with van der Waals surface area (Å²) in [4.78, 5) is 23.5. The fourth-order valence-corrected chi connectivity index (χ4v) is 2.22. The van der Waals surface area contributed by atoms with Crippen LogP contribution in [0.1, 0.15) is 20.3 Å². The Balaban J connectivity index is 1.88. The molecule has 1 fully saturated rings. The largest absolute Gasteiger partial charge is 0.481 e. The first kappa shape index (κ1) is 15.5. The molecule has 0 saturated carbocycles. The van der Waals surface area contributed by atoms with Crippen molar-refractivity contribution < 1.29 is 14.6 Å². The van der Waals surface area contributed by atoms with Gasteiger partial charge in [0, 0.05) is 45.0 Å². The van der Waals surface area contributed by atoms with E-state index in [1.54, 1.807) is 12.3 Å². The van der Waals surface area contributed by atoms with E-state index in [9.17, 15) is 4.79 Å². The second-order valence-corrected chi connectivity index (χ2v) is 5.33. The number of aliphatic carboxylic acids is 1. The predicted octanol–water partition coefficient (Wildman–Crippen LogP) is 0.860. The summed E-state index contributed by atoms with van der Waals surface area (Å²) in [6.45, 7) is 7.76. The molecule has 7 nitrogen and oxygen atoms in total. The standard InChI is InChI=1S/C14H22N4O3/c1-11(2)21-12-3-5-15-14(16-12)18-9-7-17(8-10-18)6-4-13(19)20/h3,5,11H,4,6-10H2,1-2H3,(H,19,20). The van der Waals surface area contributed by atoms with Gasteiger partial charge in [0.2, 0.25) is 11.8 Å². The summed E-state index contributed by atoms with van der Waals surface area (Å²) in [5.74, 6) is 0.508. The van der Waals surface area contributed by atoms with E-state index in [0.717, 1.165) is 26.2 Å². The molecule has 2 rings (SSSR count). The lowest BCUT2D eigenvalue weighted by molar-refractivity contribution is -0.137. The fraction of sp³-hybridized carbons (Fsp3) is 0.643. The molecule has 0 unspecified atom stereocenters. The van der Waals surface area contributed by atoms with Gasteiger partial charge in [-0.15, -0.1) is 0 Å². The van der Waals surface area contributed by atoms with Gasteiger partial charge in [-0.1, -0.05) is 0 Å². The van der Waals surface area contributed by atoms with Crippen LogP contribution in [0.25, 0.3) is 0 Å². The molecule has 0 amide bonds. The number of ether oxygens (including phenoxy) is 1. The van der Waals surface area contributed by atoms with Gasteiger partial charge in [-0.05, 0) is 13.8 Å². The fourth-order valence-electron chi connectivity index (χ4n) is 2.22.